The fraction of sp³-hybridized carbons (Fsp3) is 0.111. The number of halogens is 1. The second-order valence-electron chi connectivity index (χ2n) is 7.91. The lowest BCUT2D eigenvalue weighted by molar-refractivity contribution is -0.148. The molecule has 8 nitrogen and oxygen atoms in total. The molecule has 0 radical (unpaired) electrons. The molecule has 2 amide bonds. The summed E-state index contributed by atoms with van der Waals surface area (Å²) in [6, 6.07) is 20.3. The summed E-state index contributed by atoms with van der Waals surface area (Å²) in [7, 11) is 1.45. The number of rotatable bonds is 9. The minimum absolute atomic E-state index is 0.222. The molecule has 0 unspecified atom stereocenters. The van der Waals surface area contributed by atoms with Crippen LogP contribution in [0.15, 0.2) is 84.4 Å². The first-order chi connectivity index (χ1) is 17.9. The van der Waals surface area contributed by atoms with E-state index in [1.807, 2.05) is 54.0 Å². The van der Waals surface area contributed by atoms with E-state index >= 15 is 0 Å². The number of nitrogens with one attached hydrogen (secondary N) is 1. The van der Waals surface area contributed by atoms with Crippen LogP contribution in [0.4, 0.5) is 5.69 Å². The minimum Gasteiger partial charge on any atom is -0.452 e. The second-order valence-corrected chi connectivity index (χ2v) is 9.26. The molecule has 0 fully saturated rings. The molecule has 37 heavy (non-hydrogen) atoms. The van der Waals surface area contributed by atoms with Gasteiger partial charge in [0.2, 0.25) is 5.91 Å². The number of likely N-dealkylation sites (N-methyl/N-ethyl adjacent to an activating group) is 1. The maximum Gasteiger partial charge on any atom is 0.331 e. The quantitative estimate of drug-likeness (QED) is 0.243. The largest absolute Gasteiger partial charge is 0.452 e. The summed E-state index contributed by atoms with van der Waals surface area (Å²) in [6.45, 7) is -0.722. The molecule has 1 N–H and O–H groups in total. The fourth-order valence-electron chi connectivity index (χ4n) is 3.33. The molecule has 0 aliphatic carbocycles. The average molecular weight is 535 g/mol. The van der Waals surface area contributed by atoms with E-state index in [4.69, 9.17) is 16.3 Å². The molecular weight excluding hydrogens is 512 g/mol. The number of hydrogen-bond donors (Lipinski definition) is 1. The number of thiophene rings is 1. The lowest BCUT2D eigenvalue weighted by Gasteiger charge is -2.16. The fourth-order valence-corrected chi connectivity index (χ4v) is 4.25. The topological polar surface area (TPSA) is 93.5 Å². The summed E-state index contributed by atoms with van der Waals surface area (Å²) in [6.07, 6.45) is 4.68. The van der Waals surface area contributed by atoms with Crippen LogP contribution < -0.4 is 5.32 Å². The van der Waals surface area contributed by atoms with Gasteiger partial charge in [-0.1, -0.05) is 48.0 Å². The SMILES string of the molecule is CN(CC(=O)Nc1ccccc1Cl)C(=O)COC(=O)/C=C/c1cn(-c2ccccc2)nc1-c1cccs1. The molecule has 4 rings (SSSR count). The van der Waals surface area contributed by atoms with Crippen molar-refractivity contribution in [3.63, 3.8) is 0 Å². The van der Waals surface area contributed by atoms with E-state index < -0.39 is 24.4 Å². The molecule has 188 valence electrons. The zero-order chi connectivity index (χ0) is 26.2. The van der Waals surface area contributed by atoms with Gasteiger partial charge in [0.25, 0.3) is 5.91 Å². The lowest BCUT2D eigenvalue weighted by atomic mass is 10.2. The molecular formula is C27H23ClN4O4S. The van der Waals surface area contributed by atoms with Crippen molar-refractivity contribution < 1.29 is 19.1 Å². The van der Waals surface area contributed by atoms with Gasteiger partial charge in [0.05, 0.1) is 27.8 Å². The molecule has 0 atom stereocenters. The van der Waals surface area contributed by atoms with Gasteiger partial charge in [-0.15, -0.1) is 11.3 Å². The average Bonchev–Trinajstić information content (AvgIpc) is 3.58. The standard InChI is InChI=1S/C27H23ClN4O4S/c1-31(17-24(33)29-22-11-6-5-10-21(22)28)25(34)18-36-26(35)14-13-19-16-32(20-8-3-2-4-9-20)30-27(19)23-12-7-15-37-23/h2-16H,17-18H2,1H3,(H,29,33)/b14-13+. The number of amides is 2. The van der Waals surface area contributed by atoms with Crippen molar-refractivity contribution in [2.24, 2.45) is 0 Å². The number of benzene rings is 2. The van der Waals surface area contributed by atoms with Gasteiger partial charge in [0.15, 0.2) is 6.61 Å². The van der Waals surface area contributed by atoms with E-state index in [0.29, 0.717) is 10.7 Å². The van der Waals surface area contributed by atoms with Crippen molar-refractivity contribution in [2.75, 3.05) is 25.5 Å². The number of carbonyl (C=O) groups excluding carboxylic acids is 3. The maximum absolute atomic E-state index is 12.4. The molecule has 0 spiro atoms. The van der Waals surface area contributed by atoms with E-state index in [9.17, 15) is 14.4 Å². The minimum atomic E-state index is -0.688. The third-order valence-corrected chi connectivity index (χ3v) is 6.42. The van der Waals surface area contributed by atoms with Gasteiger partial charge in [0, 0.05) is 24.9 Å². The first-order valence-electron chi connectivity index (χ1n) is 11.2. The molecule has 2 heterocycles. The predicted molar refractivity (Wildman–Crippen MR) is 145 cm³/mol. The Morgan fingerprint density at radius 2 is 1.84 bits per heavy atom. The summed E-state index contributed by atoms with van der Waals surface area (Å²) in [5.41, 5.74) is 2.78. The van der Waals surface area contributed by atoms with Crippen molar-refractivity contribution in [1.29, 1.82) is 0 Å². The molecule has 0 saturated carbocycles. The highest BCUT2D eigenvalue weighted by atomic mass is 35.5. The third kappa shape index (κ3) is 6.93. The van der Waals surface area contributed by atoms with Crippen LogP contribution in [0.25, 0.3) is 22.3 Å². The van der Waals surface area contributed by atoms with E-state index in [1.54, 1.807) is 46.4 Å². The molecule has 0 saturated heterocycles. The van der Waals surface area contributed by atoms with Crippen LogP contribution in [0.2, 0.25) is 5.02 Å². The van der Waals surface area contributed by atoms with Crippen molar-refractivity contribution in [3.05, 3.63) is 95.0 Å². The summed E-state index contributed by atoms with van der Waals surface area (Å²) in [5.74, 6) is -1.63. The van der Waals surface area contributed by atoms with Gasteiger partial charge in [-0.3, -0.25) is 9.59 Å². The van der Waals surface area contributed by atoms with Crippen molar-refractivity contribution in [1.82, 2.24) is 14.7 Å². The van der Waals surface area contributed by atoms with Crippen LogP contribution in [-0.2, 0) is 19.1 Å². The first kappa shape index (κ1) is 25.9. The summed E-state index contributed by atoms with van der Waals surface area (Å²) in [5, 5.41) is 9.66. The van der Waals surface area contributed by atoms with Crippen LogP contribution in [0, 0.1) is 0 Å². The monoisotopic (exact) mass is 534 g/mol. The molecule has 2 aromatic heterocycles. The highest BCUT2D eigenvalue weighted by molar-refractivity contribution is 7.13. The van der Waals surface area contributed by atoms with E-state index in [-0.39, 0.29) is 6.54 Å². The maximum atomic E-state index is 12.4. The van der Waals surface area contributed by atoms with Crippen LogP contribution in [0.5, 0.6) is 0 Å². The number of nitrogens with zero attached hydrogens (tertiary/aromatic N) is 3. The zero-order valence-corrected chi connectivity index (χ0v) is 21.4. The van der Waals surface area contributed by atoms with Crippen LogP contribution >= 0.6 is 22.9 Å². The summed E-state index contributed by atoms with van der Waals surface area (Å²) < 4.78 is 6.84. The van der Waals surface area contributed by atoms with Gasteiger partial charge >= 0.3 is 5.97 Å². The smallest absolute Gasteiger partial charge is 0.331 e. The van der Waals surface area contributed by atoms with Gasteiger partial charge in [-0.05, 0) is 41.8 Å². The van der Waals surface area contributed by atoms with Crippen LogP contribution in [-0.4, -0.2) is 52.7 Å². The molecule has 10 heteroatoms. The van der Waals surface area contributed by atoms with E-state index in [0.717, 1.165) is 21.8 Å². The van der Waals surface area contributed by atoms with Crippen molar-refractivity contribution in [2.45, 2.75) is 0 Å². The number of esters is 1. The number of carbonyl (C=O) groups is 3. The van der Waals surface area contributed by atoms with Gasteiger partial charge < -0.3 is 15.0 Å². The predicted octanol–water partition coefficient (Wildman–Crippen LogP) is 4.91. The van der Waals surface area contributed by atoms with Gasteiger partial charge in [-0.25, -0.2) is 9.48 Å². The lowest BCUT2D eigenvalue weighted by Crippen LogP contribution is -2.37. The number of anilines is 1. The summed E-state index contributed by atoms with van der Waals surface area (Å²) >= 11 is 7.57. The van der Waals surface area contributed by atoms with Gasteiger partial charge in [0.1, 0.15) is 5.69 Å². The Hall–Kier alpha value is -4.21. The second kappa shape index (κ2) is 12.2. The normalized spacial score (nSPS) is 10.9. The van der Waals surface area contributed by atoms with E-state index in [2.05, 4.69) is 10.4 Å². The Balaban J connectivity index is 1.34. The first-order valence-corrected chi connectivity index (χ1v) is 12.5. The van der Waals surface area contributed by atoms with Gasteiger partial charge in [-0.2, -0.15) is 5.10 Å². The Labute approximate surface area is 222 Å². The summed E-state index contributed by atoms with van der Waals surface area (Å²) in [4.78, 5) is 39.0. The van der Waals surface area contributed by atoms with Crippen molar-refractivity contribution in [3.8, 4) is 16.3 Å². The highest BCUT2D eigenvalue weighted by Gasteiger charge is 2.16. The molecule has 0 aliphatic heterocycles. The van der Waals surface area contributed by atoms with E-state index in [1.165, 1.54) is 18.0 Å². The number of ether oxygens (including phenoxy) is 1. The Kier molecular flexibility index (Phi) is 8.50. The zero-order valence-electron chi connectivity index (χ0n) is 19.8. The van der Waals surface area contributed by atoms with Crippen molar-refractivity contribution >= 4 is 52.5 Å². The highest BCUT2D eigenvalue weighted by Crippen LogP contribution is 2.28. The Bertz CT molecular complexity index is 1420. The molecule has 0 aliphatic rings. The third-order valence-electron chi connectivity index (χ3n) is 5.21. The number of hydrogen-bond acceptors (Lipinski definition) is 6. The molecule has 4 aromatic rings. The number of para-hydroxylation sites is 2. The Morgan fingerprint density at radius 1 is 1.08 bits per heavy atom. The Morgan fingerprint density at radius 3 is 2.57 bits per heavy atom. The molecule has 0 bridgehead atoms. The van der Waals surface area contributed by atoms with Crippen LogP contribution in [0.1, 0.15) is 5.56 Å². The van der Waals surface area contributed by atoms with Crippen LogP contribution in [0.3, 0.4) is 0 Å². The molecule has 2 aromatic carbocycles. The number of aromatic nitrogens is 2.